The third-order valence-corrected chi connectivity index (χ3v) is 4.55. The molecule has 1 saturated heterocycles. The highest BCUT2D eigenvalue weighted by Crippen LogP contribution is 2.13. The Hall–Kier alpha value is -1.56. The average Bonchev–Trinajstić information content (AvgIpc) is 2.33. The molecule has 0 saturated carbocycles. The summed E-state index contributed by atoms with van der Waals surface area (Å²) in [5.74, 6) is 0.727. The SMILES string of the molecule is O=C(NC1CCS(=O)(=O)CC1)Oc1ccccc1. The number of para-hydroxylation sites is 1. The van der Waals surface area contributed by atoms with Crippen LogP contribution in [0.25, 0.3) is 0 Å². The second-order valence-electron chi connectivity index (χ2n) is 4.27. The fraction of sp³-hybridized carbons (Fsp3) is 0.417. The summed E-state index contributed by atoms with van der Waals surface area (Å²) < 4.78 is 27.5. The van der Waals surface area contributed by atoms with E-state index in [9.17, 15) is 13.2 Å². The molecule has 5 nitrogen and oxygen atoms in total. The summed E-state index contributed by atoms with van der Waals surface area (Å²) >= 11 is 0. The Kier molecular flexibility index (Phi) is 3.86. The van der Waals surface area contributed by atoms with Crippen LogP contribution in [0.2, 0.25) is 0 Å². The molecule has 1 N–H and O–H groups in total. The molecule has 1 heterocycles. The zero-order chi connectivity index (χ0) is 13.0. The Morgan fingerprint density at radius 3 is 2.39 bits per heavy atom. The van der Waals surface area contributed by atoms with Gasteiger partial charge in [-0.3, -0.25) is 0 Å². The van der Waals surface area contributed by atoms with E-state index in [0.29, 0.717) is 18.6 Å². The van der Waals surface area contributed by atoms with Crippen molar-refractivity contribution in [1.82, 2.24) is 5.32 Å². The molecule has 6 heteroatoms. The third kappa shape index (κ3) is 3.73. The van der Waals surface area contributed by atoms with Gasteiger partial charge in [-0.15, -0.1) is 0 Å². The first-order valence-corrected chi connectivity index (χ1v) is 7.61. The van der Waals surface area contributed by atoms with Crippen LogP contribution in [0.15, 0.2) is 30.3 Å². The van der Waals surface area contributed by atoms with Crippen molar-refractivity contribution in [2.75, 3.05) is 11.5 Å². The maximum atomic E-state index is 11.6. The molecule has 0 radical (unpaired) electrons. The molecule has 0 spiro atoms. The highest BCUT2D eigenvalue weighted by molar-refractivity contribution is 7.91. The summed E-state index contributed by atoms with van der Waals surface area (Å²) in [6.07, 6.45) is 0.365. The molecular weight excluding hydrogens is 254 g/mol. The molecule has 1 aliphatic rings. The van der Waals surface area contributed by atoms with E-state index in [2.05, 4.69) is 5.32 Å². The molecular formula is C12H15NO4S. The Morgan fingerprint density at radius 2 is 1.78 bits per heavy atom. The lowest BCUT2D eigenvalue weighted by Crippen LogP contribution is -2.42. The van der Waals surface area contributed by atoms with Gasteiger partial charge in [0.15, 0.2) is 0 Å². The van der Waals surface area contributed by atoms with E-state index in [1.807, 2.05) is 6.07 Å². The summed E-state index contributed by atoms with van der Waals surface area (Å²) in [6.45, 7) is 0. The number of benzene rings is 1. The molecule has 1 aliphatic heterocycles. The van der Waals surface area contributed by atoms with Gasteiger partial charge < -0.3 is 10.1 Å². The van der Waals surface area contributed by atoms with Gasteiger partial charge in [0.25, 0.3) is 0 Å². The molecule has 2 rings (SSSR count). The Bertz CT molecular complexity index is 498. The molecule has 1 aromatic carbocycles. The van der Waals surface area contributed by atoms with E-state index in [4.69, 9.17) is 4.74 Å². The summed E-state index contributed by atoms with van der Waals surface area (Å²) in [5, 5.41) is 2.68. The van der Waals surface area contributed by atoms with Crippen molar-refractivity contribution in [3.63, 3.8) is 0 Å². The van der Waals surface area contributed by atoms with Crippen molar-refractivity contribution in [2.24, 2.45) is 0 Å². The van der Waals surface area contributed by atoms with Crippen molar-refractivity contribution in [2.45, 2.75) is 18.9 Å². The van der Waals surface area contributed by atoms with Gasteiger partial charge in [0.2, 0.25) is 0 Å². The number of hydrogen-bond acceptors (Lipinski definition) is 4. The molecule has 0 aromatic heterocycles. The first-order chi connectivity index (χ1) is 8.55. The van der Waals surface area contributed by atoms with Crippen LogP contribution in [0.1, 0.15) is 12.8 Å². The van der Waals surface area contributed by atoms with E-state index < -0.39 is 15.9 Å². The second-order valence-corrected chi connectivity index (χ2v) is 6.58. The number of carbonyl (C=O) groups is 1. The van der Waals surface area contributed by atoms with E-state index in [1.165, 1.54) is 0 Å². The lowest BCUT2D eigenvalue weighted by molar-refractivity contribution is 0.195. The molecule has 0 atom stereocenters. The van der Waals surface area contributed by atoms with E-state index in [1.54, 1.807) is 24.3 Å². The maximum Gasteiger partial charge on any atom is 0.412 e. The zero-order valence-corrected chi connectivity index (χ0v) is 10.7. The fourth-order valence-electron chi connectivity index (χ4n) is 1.83. The number of rotatable bonds is 2. The van der Waals surface area contributed by atoms with Gasteiger partial charge in [0.05, 0.1) is 11.5 Å². The van der Waals surface area contributed by atoms with Crippen LogP contribution in [0.4, 0.5) is 4.79 Å². The van der Waals surface area contributed by atoms with Gasteiger partial charge in [-0.2, -0.15) is 0 Å². The van der Waals surface area contributed by atoms with Gasteiger partial charge in [0, 0.05) is 6.04 Å². The molecule has 1 aromatic rings. The van der Waals surface area contributed by atoms with Crippen LogP contribution in [0, 0.1) is 0 Å². The van der Waals surface area contributed by atoms with Crippen molar-refractivity contribution >= 4 is 15.9 Å². The molecule has 1 fully saturated rings. The molecule has 0 aliphatic carbocycles. The number of nitrogens with one attached hydrogen (secondary N) is 1. The second kappa shape index (κ2) is 5.39. The minimum Gasteiger partial charge on any atom is -0.410 e. The number of carbonyl (C=O) groups excluding carboxylic acids is 1. The van der Waals surface area contributed by atoms with Crippen molar-refractivity contribution in [3.05, 3.63) is 30.3 Å². The van der Waals surface area contributed by atoms with Gasteiger partial charge in [-0.25, -0.2) is 13.2 Å². The smallest absolute Gasteiger partial charge is 0.410 e. The highest BCUT2D eigenvalue weighted by atomic mass is 32.2. The first kappa shape index (κ1) is 12.9. The van der Waals surface area contributed by atoms with Crippen molar-refractivity contribution in [3.8, 4) is 5.75 Å². The molecule has 98 valence electrons. The van der Waals surface area contributed by atoms with Crippen LogP contribution >= 0.6 is 0 Å². The quantitative estimate of drug-likeness (QED) is 0.879. The van der Waals surface area contributed by atoms with Crippen LogP contribution in [0.5, 0.6) is 5.75 Å². The van der Waals surface area contributed by atoms with Crippen LogP contribution in [-0.2, 0) is 9.84 Å². The summed E-state index contributed by atoms with van der Waals surface area (Å²) in [6, 6.07) is 8.63. The lowest BCUT2D eigenvalue weighted by Gasteiger charge is -2.22. The van der Waals surface area contributed by atoms with Crippen molar-refractivity contribution < 1.29 is 17.9 Å². The minimum atomic E-state index is -2.90. The predicted molar refractivity (Wildman–Crippen MR) is 67.3 cm³/mol. The fourth-order valence-corrected chi connectivity index (χ4v) is 3.32. The van der Waals surface area contributed by atoms with Crippen LogP contribution < -0.4 is 10.1 Å². The normalized spacial score (nSPS) is 19.1. The summed E-state index contributed by atoms with van der Waals surface area (Å²) in [4.78, 5) is 11.6. The predicted octanol–water partition coefficient (Wildman–Crippen LogP) is 1.35. The van der Waals surface area contributed by atoms with Crippen LogP contribution in [0.3, 0.4) is 0 Å². The lowest BCUT2D eigenvalue weighted by atomic mass is 10.2. The van der Waals surface area contributed by atoms with Crippen LogP contribution in [-0.4, -0.2) is 32.1 Å². The number of sulfone groups is 1. The molecule has 1 amide bonds. The minimum absolute atomic E-state index is 0.121. The Morgan fingerprint density at radius 1 is 1.17 bits per heavy atom. The van der Waals surface area contributed by atoms with Gasteiger partial charge >= 0.3 is 6.09 Å². The monoisotopic (exact) mass is 269 g/mol. The van der Waals surface area contributed by atoms with E-state index in [0.717, 1.165) is 0 Å². The zero-order valence-electron chi connectivity index (χ0n) is 9.83. The average molecular weight is 269 g/mol. The first-order valence-electron chi connectivity index (χ1n) is 5.79. The highest BCUT2D eigenvalue weighted by Gasteiger charge is 2.25. The van der Waals surface area contributed by atoms with E-state index in [-0.39, 0.29) is 17.5 Å². The number of amides is 1. The Balaban J connectivity index is 1.82. The number of ether oxygens (including phenoxy) is 1. The van der Waals surface area contributed by atoms with E-state index >= 15 is 0 Å². The van der Waals surface area contributed by atoms with Gasteiger partial charge in [0.1, 0.15) is 15.6 Å². The largest absolute Gasteiger partial charge is 0.412 e. The molecule has 0 bridgehead atoms. The molecule has 18 heavy (non-hydrogen) atoms. The molecule has 0 unspecified atom stereocenters. The van der Waals surface area contributed by atoms with Gasteiger partial charge in [-0.05, 0) is 25.0 Å². The van der Waals surface area contributed by atoms with Gasteiger partial charge in [-0.1, -0.05) is 18.2 Å². The Labute approximate surface area is 106 Å². The van der Waals surface area contributed by atoms with Crippen molar-refractivity contribution in [1.29, 1.82) is 0 Å². The number of hydrogen-bond donors (Lipinski definition) is 1. The maximum absolute atomic E-state index is 11.6. The third-order valence-electron chi connectivity index (χ3n) is 2.83. The standard InChI is InChI=1S/C12H15NO4S/c14-12(17-11-4-2-1-3-5-11)13-10-6-8-18(15,16)9-7-10/h1-5,10H,6-9H2,(H,13,14). The topological polar surface area (TPSA) is 72.5 Å². The summed E-state index contributed by atoms with van der Waals surface area (Å²) in [5.41, 5.74) is 0. The summed E-state index contributed by atoms with van der Waals surface area (Å²) in [7, 11) is -2.90.